The number of carboxylic acid groups (broad SMARTS) is 1. The number of ether oxygens (including phenoxy) is 2. The van der Waals surface area contributed by atoms with Gasteiger partial charge in [0, 0.05) is 13.5 Å². The normalized spacial score (nSPS) is 19.3. The van der Waals surface area contributed by atoms with Crippen molar-refractivity contribution in [3.63, 3.8) is 0 Å². The van der Waals surface area contributed by atoms with Crippen LogP contribution in [-0.2, 0) is 24.7 Å². The number of allylic oxidation sites excluding steroid dienone is 1. The minimum absolute atomic E-state index is 0.0206. The van der Waals surface area contributed by atoms with E-state index in [1.807, 2.05) is 69.3 Å². The number of likely N-dealkylation sites (tertiary alicyclic amines) is 1. The van der Waals surface area contributed by atoms with Gasteiger partial charge in [-0.25, -0.2) is 9.59 Å². The lowest BCUT2D eigenvalue weighted by atomic mass is 9.85. The number of hydrogen-bond acceptors (Lipinski definition) is 5. The lowest BCUT2D eigenvalue weighted by Crippen LogP contribution is -2.57. The summed E-state index contributed by atoms with van der Waals surface area (Å²) in [6.07, 6.45) is 5.30. The van der Waals surface area contributed by atoms with Crippen molar-refractivity contribution in [3.05, 3.63) is 78.9 Å². The third-order valence-corrected chi connectivity index (χ3v) is 7.60. The van der Waals surface area contributed by atoms with Crippen LogP contribution < -0.4 is 5.32 Å². The van der Waals surface area contributed by atoms with Crippen LogP contribution in [0.3, 0.4) is 0 Å². The van der Waals surface area contributed by atoms with Gasteiger partial charge in [-0.15, -0.1) is 6.58 Å². The topological polar surface area (TPSA) is 105 Å². The molecule has 2 aromatic rings. The molecule has 0 aromatic heterocycles. The maximum atomic E-state index is 13.9. The van der Waals surface area contributed by atoms with Crippen molar-refractivity contribution in [3.8, 4) is 11.1 Å². The molecule has 0 saturated carbocycles. The standard InChI is InChI=1S/C33H42N2O6/c1-7-9-10-13-20-41-31(39)34-28(32(3,4)5)29(36)35-22-33(40-6,21-27(35)30(37)38)25-18-16-24(17-19-25)26-15-12-11-14-23(26)8-2/h7-8,11-12,14-19,27-28H,1-2,9-10,13,20-22H2,3-6H3,(H,34,39)(H,37,38)/t27?,28-,33?/m1/s1. The number of benzene rings is 2. The maximum Gasteiger partial charge on any atom is 0.407 e. The number of amides is 2. The average molecular weight is 563 g/mol. The van der Waals surface area contributed by atoms with Crippen LogP contribution in [0.4, 0.5) is 4.79 Å². The van der Waals surface area contributed by atoms with Crippen LogP contribution in [-0.4, -0.2) is 60.3 Å². The van der Waals surface area contributed by atoms with Gasteiger partial charge in [0.15, 0.2) is 0 Å². The Balaban J connectivity index is 1.85. The fourth-order valence-electron chi connectivity index (χ4n) is 5.22. The molecule has 1 aliphatic heterocycles. The second-order valence-corrected chi connectivity index (χ2v) is 11.5. The number of carbonyl (C=O) groups excluding carboxylic acids is 2. The van der Waals surface area contributed by atoms with E-state index in [9.17, 15) is 19.5 Å². The van der Waals surface area contributed by atoms with Crippen molar-refractivity contribution in [2.45, 2.75) is 64.1 Å². The van der Waals surface area contributed by atoms with Crippen molar-refractivity contribution in [2.75, 3.05) is 20.3 Å². The van der Waals surface area contributed by atoms with Crippen LogP contribution in [0.25, 0.3) is 17.2 Å². The van der Waals surface area contributed by atoms with Gasteiger partial charge in [-0.1, -0.05) is 88.0 Å². The molecule has 0 aliphatic carbocycles. The van der Waals surface area contributed by atoms with E-state index in [2.05, 4.69) is 18.5 Å². The lowest BCUT2D eigenvalue weighted by Gasteiger charge is -2.35. The molecule has 2 N–H and O–H groups in total. The van der Waals surface area contributed by atoms with Gasteiger partial charge in [0.1, 0.15) is 17.7 Å². The first kappa shape index (κ1) is 31.6. The molecule has 41 heavy (non-hydrogen) atoms. The summed E-state index contributed by atoms with van der Waals surface area (Å²) < 4.78 is 11.3. The third-order valence-electron chi connectivity index (χ3n) is 7.60. The highest BCUT2D eigenvalue weighted by Gasteiger charge is 2.52. The van der Waals surface area contributed by atoms with E-state index < -0.39 is 41.1 Å². The number of aliphatic carboxylic acids is 1. The Morgan fingerprint density at radius 2 is 1.80 bits per heavy atom. The zero-order valence-corrected chi connectivity index (χ0v) is 24.5. The molecular weight excluding hydrogens is 520 g/mol. The third kappa shape index (κ3) is 7.44. The number of hydrogen-bond donors (Lipinski definition) is 2. The first-order valence-electron chi connectivity index (χ1n) is 13.9. The van der Waals surface area contributed by atoms with Crippen molar-refractivity contribution >= 4 is 24.0 Å². The fraction of sp³-hybridized carbons (Fsp3) is 0.424. The molecule has 8 heteroatoms. The van der Waals surface area contributed by atoms with E-state index in [1.165, 1.54) is 12.0 Å². The van der Waals surface area contributed by atoms with Gasteiger partial charge >= 0.3 is 12.1 Å². The molecule has 1 fully saturated rings. The molecule has 8 nitrogen and oxygen atoms in total. The Kier molecular flexibility index (Phi) is 10.5. The number of rotatable bonds is 12. The highest BCUT2D eigenvalue weighted by molar-refractivity contribution is 5.90. The summed E-state index contributed by atoms with van der Waals surface area (Å²) in [5.74, 6) is -1.63. The van der Waals surface area contributed by atoms with Gasteiger partial charge < -0.3 is 24.8 Å². The van der Waals surface area contributed by atoms with Gasteiger partial charge in [-0.2, -0.15) is 0 Å². The summed E-state index contributed by atoms with van der Waals surface area (Å²) in [5, 5.41) is 12.8. The number of nitrogens with one attached hydrogen (secondary N) is 1. The highest BCUT2D eigenvalue weighted by atomic mass is 16.5. The average Bonchev–Trinajstić information content (AvgIpc) is 3.37. The zero-order valence-electron chi connectivity index (χ0n) is 24.5. The van der Waals surface area contributed by atoms with Crippen molar-refractivity contribution in [1.29, 1.82) is 0 Å². The summed E-state index contributed by atoms with van der Waals surface area (Å²) in [7, 11) is 1.52. The van der Waals surface area contributed by atoms with Crippen molar-refractivity contribution < 1.29 is 29.0 Å². The predicted octanol–water partition coefficient (Wildman–Crippen LogP) is 6.02. The number of nitrogens with zero attached hydrogens (tertiary/aromatic N) is 1. The van der Waals surface area contributed by atoms with Gasteiger partial charge in [0.05, 0.1) is 13.2 Å². The second-order valence-electron chi connectivity index (χ2n) is 11.5. The monoisotopic (exact) mass is 562 g/mol. The molecular formula is C33H42N2O6. The van der Waals surface area contributed by atoms with Gasteiger partial charge in [-0.05, 0) is 46.9 Å². The molecule has 3 atom stereocenters. The maximum absolute atomic E-state index is 13.9. The number of unbranched alkanes of at least 4 members (excludes halogenated alkanes) is 2. The van der Waals surface area contributed by atoms with Gasteiger partial charge in [0.25, 0.3) is 0 Å². The van der Waals surface area contributed by atoms with E-state index in [0.29, 0.717) is 6.42 Å². The largest absolute Gasteiger partial charge is 0.480 e. The van der Waals surface area contributed by atoms with Crippen LogP contribution in [0, 0.1) is 5.41 Å². The van der Waals surface area contributed by atoms with E-state index in [-0.39, 0.29) is 19.6 Å². The molecule has 2 unspecified atom stereocenters. The molecule has 0 spiro atoms. The van der Waals surface area contributed by atoms with Crippen molar-refractivity contribution in [1.82, 2.24) is 10.2 Å². The minimum Gasteiger partial charge on any atom is -0.480 e. The summed E-state index contributed by atoms with van der Waals surface area (Å²) in [6, 6.07) is 13.5. The SMILES string of the molecule is C=CCCCCOC(=O)N[C@H](C(=O)N1CC(OC)(c2ccc(-c3ccccc3C=C)cc2)CC1C(=O)O)C(C)(C)C. The van der Waals surface area contributed by atoms with E-state index in [0.717, 1.165) is 35.1 Å². The fourth-order valence-corrected chi connectivity index (χ4v) is 5.22. The quantitative estimate of drug-likeness (QED) is 0.242. The van der Waals surface area contributed by atoms with Gasteiger partial charge in [0.2, 0.25) is 5.91 Å². The highest BCUT2D eigenvalue weighted by Crippen LogP contribution is 2.41. The molecule has 2 aromatic carbocycles. The first-order valence-corrected chi connectivity index (χ1v) is 13.9. The predicted molar refractivity (Wildman–Crippen MR) is 160 cm³/mol. The molecule has 0 bridgehead atoms. The van der Waals surface area contributed by atoms with E-state index in [1.54, 1.807) is 12.2 Å². The Bertz CT molecular complexity index is 1250. The lowest BCUT2D eigenvalue weighted by molar-refractivity contribution is -0.150. The number of methoxy groups -OCH3 is 1. The smallest absolute Gasteiger partial charge is 0.407 e. The minimum atomic E-state index is -1.13. The molecule has 1 heterocycles. The van der Waals surface area contributed by atoms with Crippen LogP contribution in [0.15, 0.2) is 67.8 Å². The number of carboxylic acids is 1. The summed E-state index contributed by atoms with van der Waals surface area (Å²) in [4.78, 5) is 40.2. The van der Waals surface area contributed by atoms with Crippen LogP contribution >= 0.6 is 0 Å². The van der Waals surface area contributed by atoms with Crippen LogP contribution in [0.5, 0.6) is 0 Å². The Morgan fingerprint density at radius 1 is 1.12 bits per heavy atom. The molecule has 220 valence electrons. The van der Waals surface area contributed by atoms with E-state index in [4.69, 9.17) is 9.47 Å². The molecule has 0 radical (unpaired) electrons. The van der Waals surface area contributed by atoms with E-state index >= 15 is 0 Å². The number of carbonyl (C=O) groups is 3. The van der Waals surface area contributed by atoms with Crippen LogP contribution in [0.2, 0.25) is 0 Å². The Morgan fingerprint density at radius 3 is 2.39 bits per heavy atom. The molecule has 2 amide bonds. The first-order chi connectivity index (χ1) is 19.5. The Labute approximate surface area is 243 Å². The van der Waals surface area contributed by atoms with Gasteiger partial charge in [-0.3, -0.25) is 4.79 Å². The zero-order chi connectivity index (χ0) is 30.2. The summed E-state index contributed by atoms with van der Waals surface area (Å²) >= 11 is 0. The molecule has 1 aliphatic rings. The Hall–Kier alpha value is -3.91. The van der Waals surface area contributed by atoms with Crippen LogP contribution in [0.1, 0.15) is 57.6 Å². The summed E-state index contributed by atoms with van der Waals surface area (Å²) in [5.41, 5.74) is 2.03. The second kappa shape index (κ2) is 13.6. The summed E-state index contributed by atoms with van der Waals surface area (Å²) in [6.45, 7) is 13.3. The molecule has 3 rings (SSSR count). The number of alkyl carbamates (subject to hydrolysis) is 1. The molecule has 1 saturated heterocycles. The van der Waals surface area contributed by atoms with Crippen molar-refractivity contribution in [2.24, 2.45) is 5.41 Å².